The molecule has 0 spiro atoms. The number of aryl methyl sites for hydroxylation is 2. The van der Waals surface area contributed by atoms with Crippen molar-refractivity contribution in [2.24, 2.45) is 0 Å². The molecule has 1 atom stereocenters. The fourth-order valence-corrected chi connectivity index (χ4v) is 4.00. The van der Waals surface area contributed by atoms with Crippen molar-refractivity contribution in [2.75, 3.05) is 25.3 Å². The van der Waals surface area contributed by atoms with Crippen LogP contribution in [-0.2, 0) is 24.1 Å². The summed E-state index contributed by atoms with van der Waals surface area (Å²) in [7, 11) is 0. The fourth-order valence-electron chi connectivity index (χ4n) is 4.00. The average molecular weight is 452 g/mol. The molecule has 2 aliphatic rings. The molecule has 33 heavy (non-hydrogen) atoms. The van der Waals surface area contributed by atoms with Crippen LogP contribution in [0, 0.1) is 0 Å². The van der Waals surface area contributed by atoms with E-state index < -0.39 is 5.97 Å². The second-order valence-corrected chi connectivity index (χ2v) is 7.99. The van der Waals surface area contributed by atoms with E-state index >= 15 is 0 Å². The Balaban J connectivity index is 1.19. The number of hydrogen-bond acceptors (Lipinski definition) is 9. The molecule has 0 bridgehead atoms. The molecule has 172 valence electrons. The third-order valence-corrected chi connectivity index (χ3v) is 5.62. The smallest absolute Gasteiger partial charge is 0.303 e. The van der Waals surface area contributed by atoms with Crippen molar-refractivity contribution in [3.63, 3.8) is 0 Å². The number of hydrogen-bond donors (Lipinski definition) is 2. The molecule has 5 rings (SSSR count). The minimum atomic E-state index is -0.894. The number of benzene rings is 1. The van der Waals surface area contributed by atoms with Gasteiger partial charge in [-0.2, -0.15) is 4.98 Å². The van der Waals surface area contributed by atoms with Gasteiger partial charge >= 0.3 is 5.97 Å². The minimum absolute atomic E-state index is 0.0564. The Morgan fingerprint density at radius 3 is 2.85 bits per heavy atom. The van der Waals surface area contributed by atoms with Crippen molar-refractivity contribution in [1.82, 2.24) is 15.1 Å². The van der Waals surface area contributed by atoms with E-state index in [1.54, 1.807) is 6.07 Å². The first-order chi connectivity index (χ1) is 16.1. The number of nitrogens with zero attached hydrogens (tertiary/aromatic N) is 3. The molecule has 2 N–H and O–H groups in total. The maximum absolute atomic E-state index is 11.4. The van der Waals surface area contributed by atoms with Gasteiger partial charge in [-0.25, -0.2) is 4.98 Å². The summed E-state index contributed by atoms with van der Waals surface area (Å²) < 4.78 is 21.7. The summed E-state index contributed by atoms with van der Waals surface area (Å²) in [6, 6.07) is 9.37. The summed E-state index contributed by atoms with van der Waals surface area (Å²) >= 11 is 0. The molecule has 0 amide bonds. The Kier molecular flexibility index (Phi) is 5.97. The van der Waals surface area contributed by atoms with Crippen molar-refractivity contribution in [2.45, 2.75) is 38.0 Å². The second-order valence-electron chi connectivity index (χ2n) is 7.99. The van der Waals surface area contributed by atoms with Gasteiger partial charge in [-0.15, -0.1) is 0 Å². The van der Waals surface area contributed by atoms with Crippen LogP contribution >= 0.6 is 0 Å². The quantitative estimate of drug-likeness (QED) is 0.500. The Labute approximate surface area is 189 Å². The first-order valence-electron chi connectivity index (χ1n) is 10.9. The topological polar surface area (TPSA) is 129 Å². The maximum Gasteiger partial charge on any atom is 0.303 e. The molecule has 10 heteroatoms. The number of nitrogens with one attached hydrogen (secondary N) is 1. The third-order valence-electron chi connectivity index (χ3n) is 5.62. The number of rotatable bonds is 9. The lowest BCUT2D eigenvalue weighted by Gasteiger charge is -2.18. The largest absolute Gasteiger partial charge is 0.488 e. The van der Waals surface area contributed by atoms with Gasteiger partial charge in [0.2, 0.25) is 12.7 Å². The molecule has 2 aliphatic heterocycles. The van der Waals surface area contributed by atoms with E-state index in [2.05, 4.69) is 20.4 Å². The van der Waals surface area contributed by atoms with Crippen LogP contribution in [0.2, 0.25) is 0 Å². The normalized spacial score (nSPS) is 14.8. The molecule has 0 fully saturated rings. The van der Waals surface area contributed by atoms with Crippen LogP contribution < -0.4 is 19.5 Å². The van der Waals surface area contributed by atoms with Crippen LogP contribution in [0.5, 0.6) is 17.2 Å². The zero-order valence-corrected chi connectivity index (χ0v) is 18.0. The number of aromatic nitrogens is 3. The number of ether oxygens (including phenoxy) is 3. The fraction of sp³-hybridized carbons (Fsp3) is 0.391. The highest BCUT2D eigenvalue weighted by molar-refractivity contribution is 5.68. The lowest BCUT2D eigenvalue weighted by Crippen LogP contribution is -2.19. The van der Waals surface area contributed by atoms with Crippen molar-refractivity contribution in [3.05, 3.63) is 53.3 Å². The second kappa shape index (κ2) is 9.35. The highest BCUT2D eigenvalue weighted by atomic mass is 16.7. The highest BCUT2D eigenvalue weighted by Gasteiger charge is 2.23. The third kappa shape index (κ3) is 5.00. The molecule has 0 saturated carbocycles. The van der Waals surface area contributed by atoms with Crippen molar-refractivity contribution in [1.29, 1.82) is 0 Å². The predicted molar refractivity (Wildman–Crippen MR) is 116 cm³/mol. The number of fused-ring (bicyclic) bond motifs is 2. The van der Waals surface area contributed by atoms with E-state index in [4.69, 9.17) is 18.7 Å². The van der Waals surface area contributed by atoms with Gasteiger partial charge in [0, 0.05) is 24.5 Å². The molecule has 0 aliphatic carbocycles. The van der Waals surface area contributed by atoms with Crippen LogP contribution in [0.15, 0.2) is 34.9 Å². The summed E-state index contributed by atoms with van der Waals surface area (Å²) in [5.41, 5.74) is 1.80. The molecule has 1 aromatic carbocycles. The molecular formula is C23H24N4O6. The van der Waals surface area contributed by atoms with E-state index in [0.29, 0.717) is 42.7 Å². The molecule has 3 aromatic rings. The van der Waals surface area contributed by atoms with E-state index in [1.807, 2.05) is 24.3 Å². The number of anilines is 1. The van der Waals surface area contributed by atoms with E-state index in [1.165, 1.54) is 0 Å². The van der Waals surface area contributed by atoms with E-state index in [9.17, 15) is 9.90 Å². The van der Waals surface area contributed by atoms with E-state index in [-0.39, 0.29) is 19.1 Å². The van der Waals surface area contributed by atoms with Crippen LogP contribution in [0.25, 0.3) is 0 Å². The number of aliphatic carboxylic acids is 1. The van der Waals surface area contributed by atoms with Crippen LogP contribution in [-0.4, -0.2) is 46.1 Å². The van der Waals surface area contributed by atoms with Crippen molar-refractivity contribution in [3.8, 4) is 17.2 Å². The van der Waals surface area contributed by atoms with Gasteiger partial charge in [-0.3, -0.25) is 4.79 Å². The van der Waals surface area contributed by atoms with Gasteiger partial charge in [0.05, 0.1) is 13.0 Å². The summed E-state index contributed by atoms with van der Waals surface area (Å²) in [5.74, 6) is 2.65. The van der Waals surface area contributed by atoms with Crippen molar-refractivity contribution < 1.29 is 28.6 Å². The number of carbonyl (C=O) groups is 1. The minimum Gasteiger partial charge on any atom is -0.488 e. The molecule has 2 aromatic heterocycles. The lowest BCUT2D eigenvalue weighted by molar-refractivity contribution is -0.137. The zero-order chi connectivity index (χ0) is 22.6. The number of carboxylic acids is 1. The number of carboxylic acid groups (broad SMARTS) is 1. The van der Waals surface area contributed by atoms with Gasteiger partial charge in [0.15, 0.2) is 28.9 Å². The zero-order valence-electron chi connectivity index (χ0n) is 18.0. The SMILES string of the molecule is O=C(O)CC(Cc1nc(CCCc2ccc3c(n2)NCCO3)no1)c1ccc2c(c1)OCO2. The Bertz CT molecular complexity index is 1150. The molecule has 4 heterocycles. The summed E-state index contributed by atoms with van der Waals surface area (Å²) in [4.78, 5) is 20.5. The van der Waals surface area contributed by atoms with Gasteiger partial charge in [-0.05, 0) is 42.7 Å². The van der Waals surface area contributed by atoms with Crippen LogP contribution in [0.1, 0.15) is 41.7 Å². The molecular weight excluding hydrogens is 428 g/mol. The highest BCUT2D eigenvalue weighted by Crippen LogP contribution is 2.36. The predicted octanol–water partition coefficient (Wildman–Crippen LogP) is 2.97. The lowest BCUT2D eigenvalue weighted by atomic mass is 9.92. The monoisotopic (exact) mass is 452 g/mol. The summed E-state index contributed by atoms with van der Waals surface area (Å²) in [6.07, 6.45) is 2.50. The summed E-state index contributed by atoms with van der Waals surface area (Å²) in [6.45, 7) is 1.57. The molecule has 0 saturated heterocycles. The Morgan fingerprint density at radius 2 is 1.94 bits per heavy atom. The van der Waals surface area contributed by atoms with Gasteiger partial charge in [0.1, 0.15) is 6.61 Å². The molecule has 0 radical (unpaired) electrons. The standard InChI is InChI=1S/C23H24N4O6/c28-22(29)12-15(14-4-6-17-19(10-14)32-13-31-17)11-21-26-20(27-33-21)3-1-2-16-5-7-18-23(25-16)24-8-9-30-18/h4-7,10,15H,1-3,8-9,11-13H2,(H,24,25)(H,28,29). The molecule has 1 unspecified atom stereocenters. The van der Waals surface area contributed by atoms with Crippen LogP contribution in [0.4, 0.5) is 5.82 Å². The van der Waals surface area contributed by atoms with Gasteiger partial charge in [0.25, 0.3) is 0 Å². The first-order valence-corrected chi connectivity index (χ1v) is 10.9. The van der Waals surface area contributed by atoms with Crippen molar-refractivity contribution >= 4 is 11.8 Å². The Morgan fingerprint density at radius 1 is 1.06 bits per heavy atom. The first kappa shape index (κ1) is 21.0. The average Bonchev–Trinajstić information content (AvgIpc) is 3.47. The number of pyridine rings is 1. The van der Waals surface area contributed by atoms with Gasteiger partial charge < -0.3 is 29.2 Å². The Hall–Kier alpha value is -3.82. The van der Waals surface area contributed by atoms with Gasteiger partial charge in [-0.1, -0.05) is 11.2 Å². The van der Waals surface area contributed by atoms with Crippen LogP contribution in [0.3, 0.4) is 0 Å². The summed E-state index contributed by atoms with van der Waals surface area (Å²) in [5, 5.41) is 16.7. The maximum atomic E-state index is 11.4. The molecule has 10 nitrogen and oxygen atoms in total. The van der Waals surface area contributed by atoms with E-state index in [0.717, 1.165) is 42.2 Å².